The molecule has 38 heavy (non-hydrogen) atoms. The van der Waals surface area contributed by atoms with Crippen molar-refractivity contribution >= 4 is 23.5 Å². The van der Waals surface area contributed by atoms with E-state index in [0.717, 1.165) is 23.1 Å². The van der Waals surface area contributed by atoms with Crippen LogP contribution in [0, 0.1) is 24.1 Å². The Morgan fingerprint density at radius 2 is 1.74 bits per heavy atom. The lowest BCUT2D eigenvalue weighted by molar-refractivity contribution is -0.178. The van der Waals surface area contributed by atoms with E-state index in [1.807, 2.05) is 0 Å². The number of alkyl halides is 3. The summed E-state index contributed by atoms with van der Waals surface area (Å²) in [6.45, 7) is 4.47. The van der Waals surface area contributed by atoms with E-state index in [-0.39, 0.29) is 30.6 Å². The molecular weight excluding hydrogens is 504 g/mol. The standard InChI is InChI=1S/C28H26F4N2O4/c1-5-17-8-11-22(21(29)12-17)33-16-23(35)34(15-18-6-9-20(10-7-18)28(30,31)32)27(25(33)37)13-19(14-27)24(36)38-26(2,3)4/h1,6-12,19H,13-16H2,2-4H3. The summed E-state index contributed by atoms with van der Waals surface area (Å²) in [5.41, 5.74) is -2.59. The van der Waals surface area contributed by atoms with Gasteiger partial charge in [0, 0.05) is 12.1 Å². The highest BCUT2D eigenvalue weighted by atomic mass is 19.4. The highest BCUT2D eigenvalue weighted by Crippen LogP contribution is 2.48. The van der Waals surface area contributed by atoms with Crippen LogP contribution in [0.15, 0.2) is 42.5 Å². The van der Waals surface area contributed by atoms with E-state index >= 15 is 0 Å². The first kappa shape index (κ1) is 27.2. The van der Waals surface area contributed by atoms with Crippen molar-refractivity contribution in [3.8, 4) is 12.3 Å². The number of hydrogen-bond acceptors (Lipinski definition) is 4. The highest BCUT2D eigenvalue weighted by molar-refractivity contribution is 6.10. The van der Waals surface area contributed by atoms with Crippen LogP contribution in [0.5, 0.6) is 0 Å². The van der Waals surface area contributed by atoms with E-state index in [1.165, 1.54) is 29.2 Å². The van der Waals surface area contributed by atoms with E-state index in [2.05, 4.69) is 5.92 Å². The number of rotatable bonds is 4. The molecule has 0 atom stereocenters. The SMILES string of the molecule is C#Cc1ccc(N2CC(=O)N(Cc3ccc(C(F)(F)F)cc3)C3(CC(C(=O)OC(C)(C)C)C3)C2=O)c(F)c1. The van der Waals surface area contributed by atoms with Crippen LogP contribution >= 0.6 is 0 Å². The summed E-state index contributed by atoms with van der Waals surface area (Å²) in [6.07, 6.45) is 0.671. The van der Waals surface area contributed by atoms with Crippen molar-refractivity contribution in [2.75, 3.05) is 11.4 Å². The number of benzene rings is 2. The molecule has 1 aliphatic heterocycles. The lowest BCUT2D eigenvalue weighted by Gasteiger charge is -2.56. The molecule has 6 nitrogen and oxygen atoms in total. The molecule has 2 aromatic carbocycles. The normalized spacial score (nSPS) is 21.8. The lowest BCUT2D eigenvalue weighted by Crippen LogP contribution is -2.73. The molecule has 0 bridgehead atoms. The van der Waals surface area contributed by atoms with E-state index in [4.69, 9.17) is 11.2 Å². The second kappa shape index (κ2) is 9.46. The minimum atomic E-state index is -4.52. The van der Waals surface area contributed by atoms with Crippen LogP contribution in [0.4, 0.5) is 23.2 Å². The Morgan fingerprint density at radius 1 is 1.11 bits per heavy atom. The van der Waals surface area contributed by atoms with Gasteiger partial charge in [-0.05, 0) is 69.5 Å². The van der Waals surface area contributed by atoms with Gasteiger partial charge in [-0.2, -0.15) is 13.2 Å². The molecule has 2 aromatic rings. The quantitative estimate of drug-likeness (QED) is 0.327. The van der Waals surface area contributed by atoms with Gasteiger partial charge in [-0.3, -0.25) is 19.3 Å². The lowest BCUT2D eigenvalue weighted by atomic mass is 9.65. The van der Waals surface area contributed by atoms with Gasteiger partial charge in [0.05, 0.1) is 17.2 Å². The van der Waals surface area contributed by atoms with Gasteiger partial charge in [0.1, 0.15) is 23.5 Å². The fourth-order valence-corrected chi connectivity index (χ4v) is 4.83. The van der Waals surface area contributed by atoms with Gasteiger partial charge in [-0.1, -0.05) is 18.1 Å². The molecule has 200 valence electrons. The number of ether oxygens (including phenoxy) is 1. The monoisotopic (exact) mass is 530 g/mol. The Balaban J connectivity index is 1.67. The van der Waals surface area contributed by atoms with Gasteiger partial charge in [-0.15, -0.1) is 6.42 Å². The summed E-state index contributed by atoms with van der Waals surface area (Å²) in [4.78, 5) is 42.2. The summed E-state index contributed by atoms with van der Waals surface area (Å²) >= 11 is 0. The number of piperazine rings is 1. The average Bonchev–Trinajstić information content (AvgIpc) is 2.79. The first-order valence-corrected chi connectivity index (χ1v) is 11.9. The van der Waals surface area contributed by atoms with Crippen molar-refractivity contribution in [3.05, 3.63) is 65.0 Å². The zero-order valence-electron chi connectivity index (χ0n) is 21.1. The van der Waals surface area contributed by atoms with Crippen molar-refractivity contribution in [3.63, 3.8) is 0 Å². The van der Waals surface area contributed by atoms with Gasteiger partial charge in [0.2, 0.25) is 5.91 Å². The van der Waals surface area contributed by atoms with E-state index in [1.54, 1.807) is 20.8 Å². The van der Waals surface area contributed by atoms with Gasteiger partial charge < -0.3 is 9.64 Å². The Bertz CT molecular complexity index is 1320. The maximum atomic E-state index is 14.9. The molecule has 1 heterocycles. The van der Waals surface area contributed by atoms with Gasteiger partial charge in [0.15, 0.2) is 0 Å². The average molecular weight is 531 g/mol. The predicted molar refractivity (Wildman–Crippen MR) is 130 cm³/mol. The number of hydrogen-bond donors (Lipinski definition) is 0. The minimum Gasteiger partial charge on any atom is -0.460 e. The van der Waals surface area contributed by atoms with Crippen molar-refractivity contribution in [1.29, 1.82) is 0 Å². The van der Waals surface area contributed by atoms with Gasteiger partial charge >= 0.3 is 12.1 Å². The minimum absolute atomic E-state index is 0.0618. The first-order valence-electron chi connectivity index (χ1n) is 11.9. The molecule has 0 aromatic heterocycles. The topological polar surface area (TPSA) is 66.9 Å². The van der Waals surface area contributed by atoms with Crippen LogP contribution in [0.2, 0.25) is 0 Å². The number of carbonyl (C=O) groups excluding carboxylic acids is 3. The number of nitrogens with zero attached hydrogens (tertiary/aromatic N) is 2. The summed E-state index contributed by atoms with van der Waals surface area (Å²) in [5, 5.41) is 0. The molecule has 0 N–H and O–H groups in total. The second-order valence-corrected chi connectivity index (χ2v) is 10.5. The van der Waals surface area contributed by atoms with Crippen molar-refractivity contribution in [2.45, 2.75) is 57.5 Å². The van der Waals surface area contributed by atoms with E-state index in [9.17, 15) is 31.9 Å². The molecule has 4 rings (SSSR count). The predicted octanol–water partition coefficient (Wildman–Crippen LogP) is 4.69. The molecule has 2 aliphatic rings. The molecule has 10 heteroatoms. The summed E-state index contributed by atoms with van der Waals surface area (Å²) < 4.78 is 59.3. The molecule has 0 radical (unpaired) electrons. The van der Waals surface area contributed by atoms with Crippen LogP contribution in [0.25, 0.3) is 0 Å². The number of terminal acetylenes is 1. The smallest absolute Gasteiger partial charge is 0.416 e. The van der Waals surface area contributed by atoms with Crippen LogP contribution in [0.3, 0.4) is 0 Å². The molecule has 1 saturated carbocycles. The van der Waals surface area contributed by atoms with E-state index < -0.39 is 58.9 Å². The number of esters is 1. The number of amides is 2. The first-order chi connectivity index (χ1) is 17.6. The molecule has 0 unspecified atom stereocenters. The highest BCUT2D eigenvalue weighted by Gasteiger charge is 2.62. The van der Waals surface area contributed by atoms with Crippen molar-refractivity contribution < 1.29 is 36.7 Å². The maximum absolute atomic E-state index is 14.9. The number of halogens is 4. The van der Waals surface area contributed by atoms with E-state index in [0.29, 0.717) is 5.56 Å². The maximum Gasteiger partial charge on any atom is 0.416 e. The van der Waals surface area contributed by atoms with Crippen LogP contribution in [-0.2, 0) is 31.8 Å². The molecule has 2 amide bonds. The van der Waals surface area contributed by atoms with Crippen molar-refractivity contribution in [1.82, 2.24) is 4.90 Å². The zero-order valence-corrected chi connectivity index (χ0v) is 21.1. The largest absolute Gasteiger partial charge is 0.460 e. The molecule has 2 fully saturated rings. The fourth-order valence-electron chi connectivity index (χ4n) is 4.83. The van der Waals surface area contributed by atoms with Crippen LogP contribution in [-0.4, -0.2) is 40.4 Å². The molecular formula is C28H26F4N2O4. The Morgan fingerprint density at radius 3 is 2.26 bits per heavy atom. The van der Waals surface area contributed by atoms with Gasteiger partial charge in [-0.25, -0.2) is 4.39 Å². The van der Waals surface area contributed by atoms with Gasteiger partial charge in [0.25, 0.3) is 5.91 Å². The van der Waals surface area contributed by atoms with Crippen LogP contribution in [0.1, 0.15) is 50.3 Å². The summed E-state index contributed by atoms with van der Waals surface area (Å²) in [7, 11) is 0. The molecule has 1 aliphatic carbocycles. The third-order valence-electron chi connectivity index (χ3n) is 6.69. The molecule has 1 saturated heterocycles. The zero-order chi connectivity index (χ0) is 28.0. The number of carbonyl (C=O) groups is 3. The third-order valence-corrected chi connectivity index (χ3v) is 6.69. The second-order valence-electron chi connectivity index (χ2n) is 10.5. The summed E-state index contributed by atoms with van der Waals surface area (Å²) in [5.74, 6) is -0.816. The van der Waals surface area contributed by atoms with Crippen molar-refractivity contribution in [2.24, 2.45) is 5.92 Å². The third kappa shape index (κ3) is 5.10. The number of anilines is 1. The Kier molecular flexibility index (Phi) is 6.76. The Labute approximate surface area is 217 Å². The Hall–Kier alpha value is -3.87. The summed E-state index contributed by atoms with van der Waals surface area (Å²) in [6, 6.07) is 8.12. The molecule has 1 spiro atoms. The van der Waals surface area contributed by atoms with Crippen LogP contribution < -0.4 is 4.90 Å². The fraction of sp³-hybridized carbons (Fsp3) is 0.393.